The number of nitrogens with zero attached hydrogens (tertiary/aromatic N) is 2. The van der Waals surface area contributed by atoms with Gasteiger partial charge in [0.25, 0.3) is 0 Å². The quantitative estimate of drug-likeness (QED) is 0.822. The highest BCUT2D eigenvalue weighted by Crippen LogP contribution is 2.28. The number of hydrogen-bond donors (Lipinski definition) is 1. The maximum absolute atomic E-state index is 10.8. The Kier molecular flexibility index (Phi) is 6.20. The lowest BCUT2D eigenvalue weighted by atomic mass is 10.0. The minimum absolute atomic E-state index is 0.0395. The van der Waals surface area contributed by atoms with Crippen molar-refractivity contribution in [1.29, 1.82) is 0 Å². The molecule has 0 radical (unpaired) electrons. The van der Waals surface area contributed by atoms with Crippen LogP contribution in [0.3, 0.4) is 0 Å². The Morgan fingerprint density at radius 2 is 2.27 bits per heavy atom. The summed E-state index contributed by atoms with van der Waals surface area (Å²) >= 11 is 0. The first-order valence-corrected chi connectivity index (χ1v) is 8.81. The van der Waals surface area contributed by atoms with Crippen molar-refractivity contribution >= 4 is 5.97 Å². The predicted molar refractivity (Wildman–Crippen MR) is 97.1 cm³/mol. The summed E-state index contributed by atoms with van der Waals surface area (Å²) < 4.78 is 11.7. The van der Waals surface area contributed by atoms with Crippen LogP contribution in [0.1, 0.15) is 29.3 Å². The largest absolute Gasteiger partial charge is 0.487 e. The van der Waals surface area contributed by atoms with Gasteiger partial charge in [-0.15, -0.1) is 0 Å². The van der Waals surface area contributed by atoms with Crippen LogP contribution in [0.25, 0.3) is 0 Å². The van der Waals surface area contributed by atoms with Crippen LogP contribution >= 0.6 is 0 Å². The fraction of sp³-hybridized carbons (Fsp3) is 0.400. The predicted octanol–water partition coefficient (Wildman–Crippen LogP) is 2.82. The second-order valence-corrected chi connectivity index (χ2v) is 6.43. The van der Waals surface area contributed by atoms with E-state index in [1.165, 1.54) is 0 Å². The number of pyridine rings is 1. The Morgan fingerprint density at radius 1 is 1.38 bits per heavy atom. The number of carboxylic acids is 1. The first-order valence-electron chi connectivity index (χ1n) is 8.81. The molecular formula is C20H24N2O4. The molecule has 1 atom stereocenters. The summed E-state index contributed by atoms with van der Waals surface area (Å²) in [5, 5.41) is 8.86. The summed E-state index contributed by atoms with van der Waals surface area (Å²) in [6.07, 6.45) is 1.87. The molecule has 1 saturated heterocycles. The lowest BCUT2D eigenvalue weighted by Crippen LogP contribution is -2.39. The number of morpholine rings is 1. The molecule has 138 valence electrons. The van der Waals surface area contributed by atoms with Crippen LogP contribution in [0.15, 0.2) is 42.6 Å². The fourth-order valence-electron chi connectivity index (χ4n) is 3.09. The molecule has 0 bridgehead atoms. The molecule has 3 rings (SSSR count). The van der Waals surface area contributed by atoms with Gasteiger partial charge in [0, 0.05) is 25.8 Å². The smallest absolute Gasteiger partial charge is 0.304 e. The van der Waals surface area contributed by atoms with Crippen molar-refractivity contribution in [3.8, 4) is 5.75 Å². The van der Waals surface area contributed by atoms with Crippen LogP contribution in [0.4, 0.5) is 0 Å². The van der Waals surface area contributed by atoms with Gasteiger partial charge in [-0.25, -0.2) is 0 Å². The van der Waals surface area contributed by atoms with Gasteiger partial charge in [-0.3, -0.25) is 14.7 Å². The third-order valence-electron chi connectivity index (χ3n) is 4.49. The van der Waals surface area contributed by atoms with Crippen molar-refractivity contribution in [3.05, 3.63) is 59.4 Å². The summed E-state index contributed by atoms with van der Waals surface area (Å²) in [4.78, 5) is 17.2. The van der Waals surface area contributed by atoms with Crippen molar-refractivity contribution in [2.24, 2.45) is 0 Å². The molecule has 0 spiro atoms. The molecule has 0 unspecified atom stereocenters. The van der Waals surface area contributed by atoms with E-state index in [1.54, 1.807) is 6.20 Å². The van der Waals surface area contributed by atoms with Gasteiger partial charge in [-0.2, -0.15) is 0 Å². The van der Waals surface area contributed by atoms with Gasteiger partial charge in [0.05, 0.1) is 24.8 Å². The molecule has 2 heterocycles. The van der Waals surface area contributed by atoms with E-state index in [0.717, 1.165) is 29.1 Å². The normalized spacial score (nSPS) is 17.8. The highest BCUT2D eigenvalue weighted by molar-refractivity contribution is 5.66. The van der Waals surface area contributed by atoms with Crippen molar-refractivity contribution < 1.29 is 19.4 Å². The molecule has 1 aromatic carbocycles. The topological polar surface area (TPSA) is 71.9 Å². The highest BCUT2D eigenvalue weighted by atomic mass is 16.5. The number of rotatable bonds is 7. The van der Waals surface area contributed by atoms with Gasteiger partial charge in [0.1, 0.15) is 12.4 Å². The Bertz CT molecular complexity index is 736. The van der Waals surface area contributed by atoms with Crippen LogP contribution in [-0.4, -0.2) is 47.2 Å². The maximum Gasteiger partial charge on any atom is 0.304 e. The van der Waals surface area contributed by atoms with Crippen molar-refractivity contribution in [2.45, 2.75) is 26.1 Å². The van der Waals surface area contributed by atoms with Crippen LogP contribution in [0.2, 0.25) is 0 Å². The Morgan fingerprint density at radius 3 is 3.00 bits per heavy atom. The summed E-state index contributed by atoms with van der Waals surface area (Å²) in [6.45, 7) is 5.13. The van der Waals surface area contributed by atoms with Crippen LogP contribution < -0.4 is 4.74 Å². The van der Waals surface area contributed by atoms with E-state index in [4.69, 9.17) is 14.6 Å². The van der Waals surface area contributed by atoms with Gasteiger partial charge in [0.15, 0.2) is 0 Å². The molecule has 1 aromatic heterocycles. The van der Waals surface area contributed by atoms with Gasteiger partial charge >= 0.3 is 5.97 Å². The number of aryl methyl sites for hydroxylation is 1. The first-order chi connectivity index (χ1) is 12.6. The highest BCUT2D eigenvalue weighted by Gasteiger charge is 2.23. The number of ether oxygens (including phenoxy) is 2. The molecule has 1 N–H and O–H groups in total. The zero-order chi connectivity index (χ0) is 18.4. The summed E-state index contributed by atoms with van der Waals surface area (Å²) in [6, 6.07) is 11.8. The molecule has 0 amide bonds. The fourth-order valence-corrected chi connectivity index (χ4v) is 3.09. The van der Waals surface area contributed by atoms with E-state index in [1.807, 2.05) is 43.3 Å². The number of aromatic nitrogens is 1. The zero-order valence-electron chi connectivity index (χ0n) is 14.9. The van der Waals surface area contributed by atoms with E-state index < -0.39 is 5.97 Å². The summed E-state index contributed by atoms with van der Waals surface area (Å²) in [5.74, 6) is 0.0362. The SMILES string of the molecule is Cc1cc(OCc2ccccn2)ccc1[C@H]1CN(CCC(=O)O)CCO1. The number of carbonyl (C=O) groups is 1. The van der Waals surface area contributed by atoms with Crippen LogP contribution in [0.5, 0.6) is 5.75 Å². The van der Waals surface area contributed by atoms with Gasteiger partial charge in [-0.05, 0) is 42.3 Å². The molecule has 1 aliphatic heterocycles. The van der Waals surface area contributed by atoms with Crippen molar-refractivity contribution in [1.82, 2.24) is 9.88 Å². The summed E-state index contributed by atoms with van der Waals surface area (Å²) in [5.41, 5.74) is 3.11. The van der Waals surface area contributed by atoms with E-state index >= 15 is 0 Å². The number of hydrogen-bond acceptors (Lipinski definition) is 5. The molecular weight excluding hydrogens is 332 g/mol. The van der Waals surface area contributed by atoms with Crippen molar-refractivity contribution in [3.63, 3.8) is 0 Å². The Labute approximate surface area is 153 Å². The molecule has 6 heteroatoms. The second kappa shape index (κ2) is 8.78. The minimum Gasteiger partial charge on any atom is -0.487 e. The Balaban J connectivity index is 1.60. The first kappa shape index (κ1) is 18.4. The van der Waals surface area contributed by atoms with Gasteiger partial charge in [0.2, 0.25) is 0 Å². The zero-order valence-corrected chi connectivity index (χ0v) is 14.9. The van der Waals surface area contributed by atoms with Crippen molar-refractivity contribution in [2.75, 3.05) is 26.2 Å². The molecule has 2 aromatic rings. The molecule has 0 aliphatic carbocycles. The van der Waals surface area contributed by atoms with E-state index in [-0.39, 0.29) is 12.5 Å². The molecule has 1 fully saturated rings. The van der Waals surface area contributed by atoms with E-state index in [9.17, 15) is 4.79 Å². The number of benzene rings is 1. The second-order valence-electron chi connectivity index (χ2n) is 6.43. The lowest BCUT2D eigenvalue weighted by Gasteiger charge is -2.33. The van der Waals surface area contributed by atoms with Gasteiger partial charge in [-0.1, -0.05) is 12.1 Å². The monoisotopic (exact) mass is 356 g/mol. The summed E-state index contributed by atoms with van der Waals surface area (Å²) in [7, 11) is 0. The average Bonchev–Trinajstić information content (AvgIpc) is 2.66. The van der Waals surface area contributed by atoms with E-state index in [2.05, 4.69) is 9.88 Å². The molecule has 0 saturated carbocycles. The average molecular weight is 356 g/mol. The standard InChI is InChI=1S/C20H24N2O4/c1-15-12-17(26-14-16-4-2-3-8-21-16)5-6-18(15)19-13-22(10-11-25-19)9-7-20(23)24/h2-6,8,12,19H,7,9-11,13-14H2,1H3,(H,23,24)/t19-/m1/s1. The third kappa shape index (κ3) is 5.03. The maximum atomic E-state index is 10.8. The van der Waals surface area contributed by atoms with Crippen LogP contribution in [0, 0.1) is 6.92 Å². The number of aliphatic carboxylic acids is 1. The minimum atomic E-state index is -0.765. The molecule has 6 nitrogen and oxygen atoms in total. The molecule has 26 heavy (non-hydrogen) atoms. The Hall–Kier alpha value is -2.44. The lowest BCUT2D eigenvalue weighted by molar-refractivity contribution is -0.137. The van der Waals surface area contributed by atoms with E-state index in [0.29, 0.717) is 26.3 Å². The third-order valence-corrected chi connectivity index (χ3v) is 4.49. The molecule has 1 aliphatic rings. The van der Waals surface area contributed by atoms with Gasteiger partial charge < -0.3 is 14.6 Å². The van der Waals surface area contributed by atoms with Crippen LogP contribution in [-0.2, 0) is 16.1 Å². The number of carboxylic acid groups (broad SMARTS) is 1.